The number of hydrogen-bond acceptors (Lipinski definition) is 14. The van der Waals surface area contributed by atoms with Gasteiger partial charge in [-0.3, -0.25) is 23.9 Å². The molecule has 18 heteroatoms. The van der Waals surface area contributed by atoms with E-state index < -0.39 is 39.5 Å². The lowest BCUT2D eigenvalue weighted by Crippen LogP contribution is -2.61. The Labute approximate surface area is 207 Å². The summed E-state index contributed by atoms with van der Waals surface area (Å²) in [5, 5.41) is 42.0. The van der Waals surface area contributed by atoms with Gasteiger partial charge >= 0.3 is 11.5 Å². The van der Waals surface area contributed by atoms with Gasteiger partial charge < -0.3 is 26.5 Å². The Balaban J connectivity index is 1.90. The first kappa shape index (κ1) is 24.5. The van der Waals surface area contributed by atoms with E-state index in [1.807, 2.05) is 0 Å². The lowest BCUT2D eigenvalue weighted by atomic mass is 9.98. The van der Waals surface area contributed by atoms with E-state index in [-0.39, 0.29) is 39.4 Å². The normalized spacial score (nSPS) is 21.7. The van der Waals surface area contributed by atoms with Crippen LogP contribution in [0, 0.1) is 0 Å². The Hall–Kier alpha value is -3.64. The highest BCUT2D eigenvalue weighted by molar-refractivity contribution is 8.01. The first-order valence-electron chi connectivity index (χ1n) is 9.52. The van der Waals surface area contributed by atoms with Gasteiger partial charge in [-0.2, -0.15) is 0 Å². The molecule has 0 radical (unpaired) electrons. The van der Waals surface area contributed by atoms with Crippen LogP contribution >= 0.6 is 34.9 Å². The molecule has 4 heterocycles. The van der Waals surface area contributed by atoms with Crippen LogP contribution < -0.4 is 16.6 Å². The maximum atomic E-state index is 12.6. The number of aromatic nitrogens is 4. The zero-order chi connectivity index (χ0) is 25.5. The molecule has 0 aromatic carbocycles. The van der Waals surface area contributed by atoms with Crippen LogP contribution in [0.5, 0.6) is 5.88 Å². The fourth-order valence-corrected chi connectivity index (χ4v) is 6.97. The van der Waals surface area contributed by atoms with Gasteiger partial charge in [-0.25, -0.2) is 9.78 Å². The number of carboxylic acid groups (broad SMARTS) is 1. The van der Waals surface area contributed by atoms with Gasteiger partial charge in [0.2, 0.25) is 5.91 Å². The second-order valence-corrected chi connectivity index (χ2v) is 10.3. The van der Waals surface area contributed by atoms with Gasteiger partial charge in [0.1, 0.15) is 11.9 Å². The molecule has 0 spiro atoms. The summed E-state index contributed by atoms with van der Waals surface area (Å²) in [6.45, 7) is 0. The summed E-state index contributed by atoms with van der Waals surface area (Å²) >= 11 is 3.01. The van der Waals surface area contributed by atoms with Gasteiger partial charge in [0.25, 0.3) is 11.8 Å². The molecule has 0 aliphatic carbocycles. The Kier molecular flexibility index (Phi) is 6.43. The third-order valence-corrected chi connectivity index (χ3v) is 8.37. The number of nitrogens with one attached hydrogen (secondary N) is 1. The maximum absolute atomic E-state index is 12.6. The summed E-state index contributed by atoms with van der Waals surface area (Å²) < 4.78 is 1.01. The van der Waals surface area contributed by atoms with Gasteiger partial charge in [0.05, 0.1) is 17.5 Å². The summed E-state index contributed by atoms with van der Waals surface area (Å²) in [5.74, 6) is -3.73. The number of anilines is 1. The number of carboxylic acids is 1. The van der Waals surface area contributed by atoms with Crippen molar-refractivity contribution in [3.05, 3.63) is 32.7 Å². The van der Waals surface area contributed by atoms with Crippen molar-refractivity contribution < 1.29 is 29.8 Å². The Morgan fingerprint density at radius 3 is 2.77 bits per heavy atom. The van der Waals surface area contributed by atoms with Gasteiger partial charge in [0.15, 0.2) is 15.2 Å². The van der Waals surface area contributed by atoms with E-state index in [1.165, 1.54) is 12.4 Å². The number of rotatable bonds is 7. The van der Waals surface area contributed by atoms with Crippen LogP contribution in [0.3, 0.4) is 0 Å². The SMILES string of the molecule is Cn1c(SCC2=C(C(=O)O)N3C(=O)C[C@@H]3SC2(NC(=O)C=NO)c2csc(N)n2)nnc(O)c1=O. The fourth-order valence-electron chi connectivity index (χ4n) is 3.53. The first-order chi connectivity index (χ1) is 16.6. The van der Waals surface area contributed by atoms with Crippen molar-refractivity contribution in [2.75, 3.05) is 11.5 Å². The molecule has 0 saturated carbocycles. The average Bonchev–Trinajstić information content (AvgIpc) is 3.24. The topological polar surface area (TPSA) is 226 Å². The molecule has 1 unspecified atom stereocenters. The number of aromatic hydroxyl groups is 1. The van der Waals surface area contributed by atoms with E-state index in [0.29, 0.717) is 6.21 Å². The van der Waals surface area contributed by atoms with Gasteiger partial charge in [-0.15, -0.1) is 21.5 Å². The molecule has 0 bridgehead atoms. The molecule has 2 aliphatic heterocycles. The Morgan fingerprint density at radius 2 is 2.17 bits per heavy atom. The number of nitrogen functional groups attached to an aromatic ring is 1. The minimum absolute atomic E-state index is 0.0190. The van der Waals surface area contributed by atoms with Crippen LogP contribution in [0.2, 0.25) is 0 Å². The predicted octanol–water partition coefficient (Wildman–Crippen LogP) is -0.915. The zero-order valence-electron chi connectivity index (χ0n) is 17.6. The van der Waals surface area contributed by atoms with Crippen molar-refractivity contribution in [1.82, 2.24) is 30.0 Å². The minimum Gasteiger partial charge on any atom is -0.488 e. The molecule has 2 aliphatic rings. The summed E-state index contributed by atoms with van der Waals surface area (Å²) in [6.07, 6.45) is 0.613. The van der Waals surface area contributed by atoms with Crippen molar-refractivity contribution in [2.45, 2.75) is 21.8 Å². The zero-order valence-corrected chi connectivity index (χ0v) is 20.1. The van der Waals surface area contributed by atoms with Crippen LogP contribution in [-0.4, -0.2) is 75.2 Å². The average molecular weight is 541 g/mol. The summed E-state index contributed by atoms with van der Waals surface area (Å²) in [6, 6.07) is 0. The highest BCUT2D eigenvalue weighted by Gasteiger charge is 2.56. The maximum Gasteiger partial charge on any atom is 0.352 e. The number of amides is 2. The van der Waals surface area contributed by atoms with Gasteiger partial charge in [-0.05, 0) is 0 Å². The first-order valence-corrected chi connectivity index (χ1v) is 12.3. The van der Waals surface area contributed by atoms with Crippen LogP contribution in [0.15, 0.2) is 31.8 Å². The molecule has 1 fully saturated rings. The number of hydrogen-bond donors (Lipinski definition) is 5. The third-order valence-electron chi connectivity index (χ3n) is 5.09. The molecule has 4 rings (SSSR count). The number of aliphatic carboxylic acids is 1. The lowest BCUT2D eigenvalue weighted by Gasteiger charge is -2.51. The number of carbonyl (C=O) groups excluding carboxylic acids is 2. The van der Waals surface area contributed by atoms with E-state index in [1.54, 1.807) is 0 Å². The second-order valence-electron chi connectivity index (χ2n) is 7.12. The van der Waals surface area contributed by atoms with Crippen molar-refractivity contribution in [3.63, 3.8) is 0 Å². The molecule has 1 saturated heterocycles. The summed E-state index contributed by atoms with van der Waals surface area (Å²) in [7, 11) is 1.34. The van der Waals surface area contributed by atoms with E-state index in [9.17, 15) is 29.4 Å². The summed E-state index contributed by atoms with van der Waals surface area (Å²) in [5.41, 5.74) is 4.87. The molecule has 15 nitrogen and oxygen atoms in total. The quantitative estimate of drug-likeness (QED) is 0.0943. The summed E-state index contributed by atoms with van der Waals surface area (Å²) in [4.78, 5) is 53.1. The number of fused-ring (bicyclic) bond motifs is 1. The molecule has 2 aromatic heterocycles. The van der Waals surface area contributed by atoms with E-state index in [0.717, 1.165) is 44.3 Å². The molecule has 6 N–H and O–H groups in total. The van der Waals surface area contributed by atoms with Crippen molar-refractivity contribution in [3.8, 4) is 5.88 Å². The largest absolute Gasteiger partial charge is 0.488 e. The van der Waals surface area contributed by atoms with Crippen molar-refractivity contribution >= 4 is 64.0 Å². The van der Waals surface area contributed by atoms with Crippen LogP contribution in [0.25, 0.3) is 0 Å². The molecule has 2 aromatic rings. The van der Waals surface area contributed by atoms with Crippen molar-refractivity contribution in [2.24, 2.45) is 12.2 Å². The minimum atomic E-state index is -1.63. The van der Waals surface area contributed by atoms with Crippen molar-refractivity contribution in [1.29, 1.82) is 0 Å². The van der Waals surface area contributed by atoms with Gasteiger partial charge in [0, 0.05) is 23.8 Å². The lowest BCUT2D eigenvalue weighted by molar-refractivity contribution is -0.146. The molecular weight excluding hydrogens is 524 g/mol. The Bertz CT molecular complexity index is 1360. The molecular formula is C17H16N8O7S3. The number of nitrogens with zero attached hydrogens (tertiary/aromatic N) is 6. The molecule has 184 valence electrons. The number of thiazole rings is 1. The van der Waals surface area contributed by atoms with E-state index >= 15 is 0 Å². The molecule has 35 heavy (non-hydrogen) atoms. The second kappa shape index (κ2) is 9.19. The Morgan fingerprint density at radius 1 is 1.43 bits per heavy atom. The number of nitrogens with two attached hydrogens (primary N) is 1. The highest BCUT2D eigenvalue weighted by atomic mass is 32.2. The highest BCUT2D eigenvalue weighted by Crippen LogP contribution is 2.54. The number of thioether (sulfide) groups is 2. The van der Waals surface area contributed by atoms with Crippen LogP contribution in [0.1, 0.15) is 12.1 Å². The molecule has 2 atom stereocenters. The van der Waals surface area contributed by atoms with Crippen LogP contribution in [0.4, 0.5) is 5.13 Å². The smallest absolute Gasteiger partial charge is 0.352 e. The molecule has 2 amide bonds. The number of β-lactam (4-membered cyclic amide) rings is 1. The van der Waals surface area contributed by atoms with Gasteiger partial charge in [-0.1, -0.05) is 28.7 Å². The predicted molar refractivity (Wildman–Crippen MR) is 124 cm³/mol. The fraction of sp³-hybridized carbons (Fsp3) is 0.294. The number of oxime groups is 1. The third kappa shape index (κ3) is 4.19. The number of carbonyl (C=O) groups is 3. The standard InChI is InChI=1S/C17H16N8O7S3/c1-24-13(29)12(28)22-23-16(24)34-4-6-11(14(30)31)25-9(27)2-10(25)35-17(6,21-8(26)3-19-32)7-5-33-15(18)20-7/h3,5,10,32H,2,4H2,1H3,(H2,18,20)(H,21,26)(H,22,28)(H,30,31)/t10-,17?/m0/s1. The van der Waals surface area contributed by atoms with E-state index in [2.05, 4.69) is 25.7 Å². The van der Waals surface area contributed by atoms with E-state index in [4.69, 9.17) is 10.9 Å². The monoisotopic (exact) mass is 540 g/mol. The van der Waals surface area contributed by atoms with Crippen LogP contribution in [-0.2, 0) is 26.3 Å².